The number of nitrogens with one attached hydrogen (secondary N) is 1. The summed E-state index contributed by atoms with van der Waals surface area (Å²) in [5.41, 5.74) is 1.73. The summed E-state index contributed by atoms with van der Waals surface area (Å²) in [5, 5.41) is 3.32. The Labute approximate surface area is 110 Å². The zero-order valence-electron chi connectivity index (χ0n) is 9.64. The van der Waals surface area contributed by atoms with Gasteiger partial charge in [0.2, 0.25) is 5.91 Å². The van der Waals surface area contributed by atoms with Crippen molar-refractivity contribution < 1.29 is 4.79 Å². The number of halogens is 1. The summed E-state index contributed by atoms with van der Waals surface area (Å²) in [6, 6.07) is 5.57. The number of imidazole rings is 1. The monoisotopic (exact) mass is 261 g/mol. The molecule has 0 atom stereocenters. The van der Waals surface area contributed by atoms with E-state index in [9.17, 15) is 4.79 Å². The van der Waals surface area contributed by atoms with Crippen molar-refractivity contribution in [1.82, 2.24) is 14.9 Å². The number of hydrogen-bond acceptors (Lipinski definition) is 2. The van der Waals surface area contributed by atoms with Gasteiger partial charge in [-0.15, -0.1) is 0 Å². The molecular weight excluding hydrogens is 250 g/mol. The fourth-order valence-electron chi connectivity index (χ4n) is 1.61. The number of carbonyl (C=O) groups excluding carboxylic acids is 1. The lowest BCUT2D eigenvalue weighted by Gasteiger charge is -2.12. The Balaban J connectivity index is 2.33. The number of benzene rings is 1. The molecule has 0 radical (unpaired) electrons. The molecular formula is C13H12ClN3O. The molecule has 1 amide bonds. The maximum absolute atomic E-state index is 11.2. The fraction of sp³-hybridized carbons (Fsp3) is 0.0769. The van der Waals surface area contributed by atoms with Crippen LogP contribution in [-0.2, 0) is 11.3 Å². The number of nitrogens with zero attached hydrogens (tertiary/aromatic N) is 2. The Kier molecular flexibility index (Phi) is 3.79. The third kappa shape index (κ3) is 2.60. The van der Waals surface area contributed by atoms with Crippen LogP contribution in [0.5, 0.6) is 0 Å². The summed E-state index contributed by atoms with van der Waals surface area (Å²) in [7, 11) is 0. The highest BCUT2D eigenvalue weighted by molar-refractivity contribution is 6.31. The summed E-state index contributed by atoms with van der Waals surface area (Å²) in [4.78, 5) is 15.2. The molecule has 0 aliphatic rings. The standard InChI is InChI=1S/C13H12ClN3O/c1-2-13(18)16-8-10-11(14)4-3-5-12(10)17-7-6-15-9-17/h2-7,9H,1,8H2,(H,16,18). The van der Waals surface area contributed by atoms with E-state index in [1.54, 1.807) is 18.6 Å². The van der Waals surface area contributed by atoms with Crippen molar-refractivity contribution in [2.45, 2.75) is 6.54 Å². The Morgan fingerprint density at radius 2 is 2.39 bits per heavy atom. The lowest BCUT2D eigenvalue weighted by atomic mass is 10.1. The van der Waals surface area contributed by atoms with Crippen molar-refractivity contribution in [1.29, 1.82) is 0 Å². The van der Waals surface area contributed by atoms with E-state index in [4.69, 9.17) is 11.6 Å². The minimum absolute atomic E-state index is 0.230. The molecule has 1 heterocycles. The lowest BCUT2D eigenvalue weighted by molar-refractivity contribution is -0.116. The van der Waals surface area contributed by atoms with Gasteiger partial charge in [0.1, 0.15) is 0 Å². The first-order valence-corrected chi connectivity index (χ1v) is 5.76. The molecule has 4 nitrogen and oxygen atoms in total. The van der Waals surface area contributed by atoms with E-state index < -0.39 is 0 Å². The quantitative estimate of drug-likeness (QED) is 0.859. The van der Waals surface area contributed by atoms with Gasteiger partial charge in [-0.3, -0.25) is 4.79 Å². The number of carbonyl (C=O) groups is 1. The zero-order valence-corrected chi connectivity index (χ0v) is 10.4. The van der Waals surface area contributed by atoms with Crippen LogP contribution in [-0.4, -0.2) is 15.5 Å². The summed E-state index contributed by atoms with van der Waals surface area (Å²) < 4.78 is 1.85. The molecule has 0 saturated carbocycles. The van der Waals surface area contributed by atoms with Crippen molar-refractivity contribution >= 4 is 17.5 Å². The topological polar surface area (TPSA) is 46.9 Å². The van der Waals surface area contributed by atoms with Gasteiger partial charge >= 0.3 is 0 Å². The molecule has 0 unspecified atom stereocenters. The van der Waals surface area contributed by atoms with Crippen LogP contribution in [0.3, 0.4) is 0 Å². The Morgan fingerprint density at radius 1 is 1.56 bits per heavy atom. The average Bonchev–Trinajstić information content (AvgIpc) is 2.90. The van der Waals surface area contributed by atoms with Crippen LogP contribution >= 0.6 is 11.6 Å². The van der Waals surface area contributed by atoms with Crippen LogP contribution in [0.2, 0.25) is 5.02 Å². The minimum atomic E-state index is -0.230. The summed E-state index contributed by atoms with van der Waals surface area (Å²) in [5.74, 6) is -0.230. The van der Waals surface area contributed by atoms with Crippen molar-refractivity contribution in [3.8, 4) is 5.69 Å². The first-order chi connectivity index (χ1) is 8.72. The van der Waals surface area contributed by atoms with Gasteiger partial charge in [-0.25, -0.2) is 4.98 Å². The van der Waals surface area contributed by atoms with Gasteiger partial charge < -0.3 is 9.88 Å². The van der Waals surface area contributed by atoms with E-state index in [2.05, 4.69) is 16.9 Å². The smallest absolute Gasteiger partial charge is 0.243 e. The van der Waals surface area contributed by atoms with E-state index in [0.29, 0.717) is 11.6 Å². The third-order valence-corrected chi connectivity index (χ3v) is 2.86. The first kappa shape index (κ1) is 12.4. The summed E-state index contributed by atoms with van der Waals surface area (Å²) in [6.07, 6.45) is 6.43. The molecule has 18 heavy (non-hydrogen) atoms. The molecule has 0 aliphatic heterocycles. The second kappa shape index (κ2) is 5.51. The van der Waals surface area contributed by atoms with Gasteiger partial charge in [-0.1, -0.05) is 24.2 Å². The molecule has 0 bridgehead atoms. The van der Waals surface area contributed by atoms with Gasteiger partial charge in [0.05, 0.1) is 12.0 Å². The van der Waals surface area contributed by atoms with E-state index >= 15 is 0 Å². The van der Waals surface area contributed by atoms with E-state index in [-0.39, 0.29) is 5.91 Å². The number of amides is 1. The maximum atomic E-state index is 11.2. The lowest BCUT2D eigenvalue weighted by Crippen LogP contribution is -2.21. The van der Waals surface area contributed by atoms with Crippen molar-refractivity contribution in [2.75, 3.05) is 0 Å². The highest BCUT2D eigenvalue weighted by Crippen LogP contribution is 2.23. The average molecular weight is 262 g/mol. The molecule has 0 spiro atoms. The predicted octanol–water partition coefficient (Wildman–Crippen LogP) is 2.33. The molecule has 5 heteroatoms. The molecule has 0 saturated heterocycles. The summed E-state index contributed by atoms with van der Waals surface area (Å²) >= 11 is 6.16. The van der Waals surface area contributed by atoms with Gasteiger partial charge in [0, 0.05) is 29.5 Å². The molecule has 2 aromatic rings. The van der Waals surface area contributed by atoms with Crippen molar-refractivity contribution in [2.24, 2.45) is 0 Å². The number of rotatable bonds is 4. The van der Waals surface area contributed by atoms with Gasteiger partial charge in [-0.2, -0.15) is 0 Å². The Hall–Kier alpha value is -2.07. The van der Waals surface area contributed by atoms with E-state index in [1.165, 1.54) is 6.08 Å². The molecule has 0 fully saturated rings. The third-order valence-electron chi connectivity index (χ3n) is 2.50. The van der Waals surface area contributed by atoms with Crippen LogP contribution in [0.25, 0.3) is 5.69 Å². The van der Waals surface area contributed by atoms with Crippen LogP contribution in [0, 0.1) is 0 Å². The highest BCUT2D eigenvalue weighted by Gasteiger charge is 2.09. The number of hydrogen-bond donors (Lipinski definition) is 1. The van der Waals surface area contributed by atoms with Crippen LogP contribution in [0.15, 0.2) is 49.6 Å². The normalized spacial score (nSPS) is 10.1. The highest BCUT2D eigenvalue weighted by atomic mass is 35.5. The van der Waals surface area contributed by atoms with Crippen LogP contribution in [0.1, 0.15) is 5.56 Å². The van der Waals surface area contributed by atoms with Gasteiger partial charge in [0.25, 0.3) is 0 Å². The second-order valence-electron chi connectivity index (χ2n) is 3.63. The van der Waals surface area contributed by atoms with Crippen molar-refractivity contribution in [3.63, 3.8) is 0 Å². The zero-order chi connectivity index (χ0) is 13.0. The predicted molar refractivity (Wildman–Crippen MR) is 70.6 cm³/mol. The fourth-order valence-corrected chi connectivity index (χ4v) is 1.85. The number of aromatic nitrogens is 2. The maximum Gasteiger partial charge on any atom is 0.243 e. The molecule has 1 N–H and O–H groups in total. The van der Waals surface area contributed by atoms with Crippen LogP contribution in [0.4, 0.5) is 0 Å². The molecule has 92 valence electrons. The first-order valence-electron chi connectivity index (χ1n) is 5.38. The Morgan fingerprint density at radius 3 is 3.06 bits per heavy atom. The largest absolute Gasteiger partial charge is 0.348 e. The van der Waals surface area contributed by atoms with Gasteiger partial charge in [0.15, 0.2) is 0 Å². The summed E-state index contributed by atoms with van der Waals surface area (Å²) in [6.45, 7) is 3.75. The second-order valence-corrected chi connectivity index (χ2v) is 4.04. The SMILES string of the molecule is C=CC(=O)NCc1c(Cl)cccc1-n1ccnc1. The Bertz CT molecular complexity index is 564. The minimum Gasteiger partial charge on any atom is -0.348 e. The van der Waals surface area contributed by atoms with Crippen LogP contribution < -0.4 is 5.32 Å². The molecule has 1 aromatic carbocycles. The van der Waals surface area contributed by atoms with Crippen molar-refractivity contribution in [3.05, 3.63) is 60.2 Å². The van der Waals surface area contributed by atoms with E-state index in [0.717, 1.165) is 11.3 Å². The van der Waals surface area contributed by atoms with Gasteiger partial charge in [-0.05, 0) is 18.2 Å². The van der Waals surface area contributed by atoms with E-state index in [1.807, 2.05) is 22.9 Å². The molecule has 0 aliphatic carbocycles. The molecule has 2 rings (SSSR count). The molecule has 1 aromatic heterocycles.